The van der Waals surface area contributed by atoms with Gasteiger partial charge in [-0.15, -0.1) is 0 Å². The van der Waals surface area contributed by atoms with Crippen molar-refractivity contribution in [1.29, 1.82) is 0 Å². The third-order valence-corrected chi connectivity index (χ3v) is 7.21. The van der Waals surface area contributed by atoms with Crippen molar-refractivity contribution < 1.29 is 28.2 Å². The van der Waals surface area contributed by atoms with Gasteiger partial charge in [-0.05, 0) is 73.1 Å². The Morgan fingerprint density at radius 1 is 0.971 bits per heavy atom. The second-order valence-electron chi connectivity index (χ2n) is 9.61. The second-order valence-corrected chi connectivity index (χ2v) is 9.61. The van der Waals surface area contributed by atoms with E-state index in [1.807, 2.05) is 0 Å². The predicted molar refractivity (Wildman–Crippen MR) is 127 cm³/mol. The number of hydrogen-bond donors (Lipinski definition) is 2. The topological polar surface area (TPSA) is 64.0 Å². The summed E-state index contributed by atoms with van der Waals surface area (Å²) in [5.41, 5.74) is 0.0211. The van der Waals surface area contributed by atoms with Crippen LogP contribution in [0.3, 0.4) is 0 Å². The lowest BCUT2D eigenvalue weighted by Gasteiger charge is -2.41. The first-order chi connectivity index (χ1) is 16.7. The Kier molecular flexibility index (Phi) is 7.94. The van der Waals surface area contributed by atoms with Crippen LogP contribution in [0.4, 0.5) is 13.2 Å². The van der Waals surface area contributed by atoms with Gasteiger partial charge in [0.15, 0.2) is 0 Å². The zero-order valence-corrected chi connectivity index (χ0v) is 19.5. The molecule has 0 aromatic heterocycles. The molecule has 2 aromatic rings. The normalized spacial score (nSPS) is 20.3. The summed E-state index contributed by atoms with van der Waals surface area (Å²) in [5.74, 6) is -1.87. The van der Waals surface area contributed by atoms with Gasteiger partial charge in [-0.25, -0.2) is 13.2 Å². The molecule has 1 unspecified atom stereocenters. The van der Waals surface area contributed by atoms with Gasteiger partial charge in [0, 0.05) is 44.9 Å². The summed E-state index contributed by atoms with van der Waals surface area (Å²) in [6, 6.07) is 9.08. The Balaban J connectivity index is 1.22. The Morgan fingerprint density at radius 2 is 1.57 bits per heavy atom. The first-order valence-electron chi connectivity index (χ1n) is 12.0. The van der Waals surface area contributed by atoms with Gasteiger partial charge in [-0.2, -0.15) is 0 Å². The molecule has 0 saturated carbocycles. The lowest BCUT2D eigenvalue weighted by molar-refractivity contribution is -0.128. The third kappa shape index (κ3) is 6.51. The quantitative estimate of drug-likeness (QED) is 0.609. The molecular weight excluding hydrogens is 457 g/mol. The lowest BCUT2D eigenvalue weighted by atomic mass is 9.84. The van der Waals surface area contributed by atoms with E-state index in [0.717, 1.165) is 18.2 Å². The minimum Gasteiger partial charge on any atom is -0.392 e. The number of aliphatic hydroxyl groups is 2. The number of likely N-dealkylation sites (tertiary alicyclic amines) is 2. The molecule has 0 spiro atoms. The Hall–Kier alpha value is -2.68. The van der Waals surface area contributed by atoms with Gasteiger partial charge >= 0.3 is 0 Å². The van der Waals surface area contributed by atoms with E-state index in [1.54, 1.807) is 17.0 Å². The van der Waals surface area contributed by atoms with E-state index in [-0.39, 0.29) is 23.2 Å². The van der Waals surface area contributed by atoms with Crippen molar-refractivity contribution in [2.45, 2.75) is 37.4 Å². The van der Waals surface area contributed by atoms with Crippen LogP contribution >= 0.6 is 0 Å². The molecule has 0 radical (unpaired) electrons. The fourth-order valence-corrected chi connectivity index (χ4v) is 5.02. The van der Waals surface area contributed by atoms with Crippen molar-refractivity contribution in [3.8, 4) is 0 Å². The molecule has 35 heavy (non-hydrogen) atoms. The van der Waals surface area contributed by atoms with E-state index >= 15 is 0 Å². The highest BCUT2D eigenvalue weighted by atomic mass is 19.1. The summed E-state index contributed by atoms with van der Waals surface area (Å²) in [6.07, 6.45) is 4.56. The first-order valence-corrected chi connectivity index (χ1v) is 12.0. The highest BCUT2D eigenvalue weighted by molar-refractivity contribution is 5.91. The average Bonchev–Trinajstić information content (AvgIpc) is 2.84. The van der Waals surface area contributed by atoms with Crippen molar-refractivity contribution in [2.24, 2.45) is 5.92 Å². The number of halogens is 3. The lowest BCUT2D eigenvalue weighted by Crippen LogP contribution is -2.48. The van der Waals surface area contributed by atoms with Crippen LogP contribution in [0.2, 0.25) is 0 Å². The number of β-amino-alcohol motifs (C(OH)–C–C–N with tert-alkyl or cyclic N) is 1. The highest BCUT2D eigenvalue weighted by Crippen LogP contribution is 2.33. The fourth-order valence-electron chi connectivity index (χ4n) is 5.02. The molecule has 2 aromatic carbocycles. The smallest absolute Gasteiger partial charge is 0.246 e. The maximum atomic E-state index is 13.3. The van der Waals surface area contributed by atoms with Gasteiger partial charge in [0.2, 0.25) is 5.91 Å². The van der Waals surface area contributed by atoms with Crippen molar-refractivity contribution in [1.82, 2.24) is 9.80 Å². The standard InChI is InChI=1S/C27H31F3N2O3/c28-22-4-2-21(3-5-22)27(35)9-13-31(14-10-27)18-25(33)20-7-11-32(12-8-20)26(34)6-1-19-15-23(29)17-24(30)16-19/h1-6,15-17,20,25,33,35H,7-14,18H2/b6-1+. The number of piperidine rings is 2. The monoisotopic (exact) mass is 488 g/mol. The number of carbonyl (C=O) groups is 1. The molecule has 2 saturated heterocycles. The number of carbonyl (C=O) groups excluding carboxylic acids is 1. The largest absolute Gasteiger partial charge is 0.392 e. The van der Waals surface area contributed by atoms with Gasteiger partial charge in [-0.3, -0.25) is 4.79 Å². The van der Waals surface area contributed by atoms with E-state index in [4.69, 9.17) is 0 Å². The summed E-state index contributed by atoms with van der Waals surface area (Å²) in [7, 11) is 0. The first kappa shape index (κ1) is 25.4. The summed E-state index contributed by atoms with van der Waals surface area (Å²) >= 11 is 0. The van der Waals surface area contributed by atoms with Crippen LogP contribution in [0.15, 0.2) is 48.5 Å². The zero-order valence-electron chi connectivity index (χ0n) is 19.5. The fraction of sp³-hybridized carbons (Fsp3) is 0.444. The number of amides is 1. The van der Waals surface area contributed by atoms with Crippen LogP contribution in [-0.2, 0) is 10.4 Å². The zero-order chi connectivity index (χ0) is 25.0. The molecule has 188 valence electrons. The summed E-state index contributed by atoms with van der Waals surface area (Å²) < 4.78 is 39.8. The minimum absolute atomic E-state index is 0.0678. The molecule has 2 aliphatic heterocycles. The maximum absolute atomic E-state index is 13.3. The number of hydrogen-bond acceptors (Lipinski definition) is 4. The summed E-state index contributed by atoms with van der Waals surface area (Å²) in [5, 5.41) is 21.8. The molecule has 0 aliphatic carbocycles. The second kappa shape index (κ2) is 10.9. The van der Waals surface area contributed by atoms with Crippen LogP contribution in [0, 0.1) is 23.4 Å². The third-order valence-electron chi connectivity index (χ3n) is 7.21. The van der Waals surface area contributed by atoms with E-state index in [2.05, 4.69) is 4.90 Å². The summed E-state index contributed by atoms with van der Waals surface area (Å²) in [4.78, 5) is 16.3. The summed E-state index contributed by atoms with van der Waals surface area (Å²) in [6.45, 7) is 2.78. The molecule has 1 atom stereocenters. The number of nitrogens with zero attached hydrogens (tertiary/aromatic N) is 2. The van der Waals surface area contributed by atoms with Gasteiger partial charge in [0.25, 0.3) is 0 Å². The Bertz CT molecular complexity index is 1020. The van der Waals surface area contributed by atoms with Crippen LogP contribution < -0.4 is 0 Å². The molecule has 5 nitrogen and oxygen atoms in total. The Labute approximate surface area is 203 Å². The van der Waals surface area contributed by atoms with Crippen LogP contribution in [-0.4, -0.2) is 64.7 Å². The van der Waals surface area contributed by atoms with Crippen LogP contribution in [0.1, 0.15) is 36.8 Å². The number of rotatable bonds is 6. The maximum Gasteiger partial charge on any atom is 0.246 e. The van der Waals surface area contributed by atoms with E-state index < -0.39 is 23.3 Å². The molecule has 4 rings (SSSR count). The molecule has 2 N–H and O–H groups in total. The van der Waals surface area contributed by atoms with E-state index in [9.17, 15) is 28.2 Å². The van der Waals surface area contributed by atoms with Gasteiger partial charge in [0.05, 0.1) is 11.7 Å². The number of benzene rings is 2. The van der Waals surface area contributed by atoms with Crippen molar-refractivity contribution in [3.63, 3.8) is 0 Å². The van der Waals surface area contributed by atoms with Crippen molar-refractivity contribution >= 4 is 12.0 Å². The Morgan fingerprint density at radius 3 is 2.17 bits per heavy atom. The molecule has 2 aliphatic rings. The van der Waals surface area contributed by atoms with Crippen molar-refractivity contribution in [2.75, 3.05) is 32.7 Å². The van der Waals surface area contributed by atoms with E-state index in [1.165, 1.54) is 24.3 Å². The molecule has 1 amide bonds. The van der Waals surface area contributed by atoms with Gasteiger partial charge < -0.3 is 20.0 Å². The van der Waals surface area contributed by atoms with Crippen LogP contribution in [0.5, 0.6) is 0 Å². The predicted octanol–water partition coefficient (Wildman–Crippen LogP) is 3.70. The minimum atomic E-state index is -0.980. The highest BCUT2D eigenvalue weighted by Gasteiger charge is 2.35. The SMILES string of the molecule is O=C(/C=C/c1cc(F)cc(F)c1)N1CCC(C(O)CN2CCC(O)(c3ccc(F)cc3)CC2)CC1. The molecule has 2 heterocycles. The molecule has 0 bridgehead atoms. The van der Waals surface area contributed by atoms with Crippen molar-refractivity contribution in [3.05, 3.63) is 77.1 Å². The average molecular weight is 489 g/mol. The number of aliphatic hydroxyl groups excluding tert-OH is 1. The van der Waals surface area contributed by atoms with E-state index in [0.29, 0.717) is 64.0 Å². The molecule has 2 fully saturated rings. The molecular formula is C27H31F3N2O3. The van der Waals surface area contributed by atoms with Gasteiger partial charge in [0.1, 0.15) is 17.5 Å². The molecule has 8 heteroatoms. The van der Waals surface area contributed by atoms with Gasteiger partial charge in [-0.1, -0.05) is 12.1 Å². The van der Waals surface area contributed by atoms with Crippen LogP contribution in [0.25, 0.3) is 6.08 Å².